The summed E-state index contributed by atoms with van der Waals surface area (Å²) in [5.74, 6) is 0.881. The quantitative estimate of drug-likeness (QED) is 0.772. The first kappa shape index (κ1) is 19.8. The van der Waals surface area contributed by atoms with Crippen LogP contribution in [0.4, 0.5) is 0 Å². The number of aliphatic hydroxyl groups is 1. The van der Waals surface area contributed by atoms with Gasteiger partial charge in [-0.2, -0.15) is 5.10 Å². The van der Waals surface area contributed by atoms with Crippen LogP contribution in [0.2, 0.25) is 0 Å². The molecule has 0 spiro atoms. The maximum atomic E-state index is 9.57. The first-order valence-electron chi connectivity index (χ1n) is 10.8. The van der Waals surface area contributed by atoms with E-state index in [2.05, 4.69) is 39.6 Å². The van der Waals surface area contributed by atoms with E-state index in [1.165, 1.54) is 49.9 Å². The number of aromatic nitrogens is 2. The second-order valence-corrected chi connectivity index (χ2v) is 8.40. The van der Waals surface area contributed by atoms with Crippen molar-refractivity contribution >= 4 is 0 Å². The normalized spacial score (nSPS) is 23.6. The van der Waals surface area contributed by atoms with E-state index in [9.17, 15) is 5.11 Å². The second kappa shape index (κ2) is 9.86. The van der Waals surface area contributed by atoms with Crippen LogP contribution < -0.4 is 0 Å². The van der Waals surface area contributed by atoms with Crippen molar-refractivity contribution in [2.24, 2.45) is 5.92 Å². The lowest BCUT2D eigenvalue weighted by Crippen LogP contribution is -2.54. The molecular weight excluding hydrogens is 324 g/mol. The largest absolute Gasteiger partial charge is 0.396 e. The third kappa shape index (κ3) is 5.30. The maximum Gasteiger partial charge on any atom is 0.0638 e. The van der Waals surface area contributed by atoms with Gasteiger partial charge in [-0.05, 0) is 38.5 Å². The summed E-state index contributed by atoms with van der Waals surface area (Å²) in [6.07, 6.45) is 11.3. The van der Waals surface area contributed by atoms with Gasteiger partial charge in [0.2, 0.25) is 0 Å². The first-order valence-corrected chi connectivity index (χ1v) is 10.8. The molecule has 1 atom stereocenters. The molecule has 1 aliphatic heterocycles. The Morgan fingerprint density at radius 1 is 1.19 bits per heavy atom. The average molecular weight is 363 g/mol. The van der Waals surface area contributed by atoms with Crippen LogP contribution in [0.15, 0.2) is 6.20 Å². The van der Waals surface area contributed by atoms with Gasteiger partial charge in [0.05, 0.1) is 5.69 Å². The summed E-state index contributed by atoms with van der Waals surface area (Å²) in [7, 11) is 0. The molecule has 26 heavy (non-hydrogen) atoms. The first-order chi connectivity index (χ1) is 12.7. The zero-order valence-corrected chi connectivity index (χ0v) is 16.9. The van der Waals surface area contributed by atoms with Crippen molar-refractivity contribution in [1.29, 1.82) is 0 Å². The Morgan fingerprint density at radius 3 is 2.73 bits per heavy atom. The summed E-state index contributed by atoms with van der Waals surface area (Å²) in [6, 6.07) is 0.502. The zero-order valence-electron chi connectivity index (χ0n) is 16.9. The summed E-state index contributed by atoms with van der Waals surface area (Å²) >= 11 is 0. The van der Waals surface area contributed by atoms with Crippen molar-refractivity contribution in [3.8, 4) is 0 Å². The highest BCUT2D eigenvalue weighted by atomic mass is 16.3. The summed E-state index contributed by atoms with van der Waals surface area (Å²) in [4.78, 5) is 5.24. The van der Waals surface area contributed by atoms with Gasteiger partial charge < -0.3 is 5.11 Å². The standard InChI is InChI=1S/C21H38N4O/c1-3-10-25-16-20(18(2)22-25)15-23-11-12-24(21(17-23)9-13-26)14-19-7-5-4-6-8-19/h16,19,21,26H,3-15,17H2,1-2H3/t21-/m0/s1. The van der Waals surface area contributed by atoms with E-state index in [1.54, 1.807) is 0 Å². The molecule has 1 aromatic heterocycles. The lowest BCUT2D eigenvalue weighted by Gasteiger charge is -2.43. The van der Waals surface area contributed by atoms with Gasteiger partial charge in [0.25, 0.3) is 0 Å². The Hall–Kier alpha value is -0.910. The summed E-state index contributed by atoms with van der Waals surface area (Å²) in [6.45, 7) is 11.2. The topological polar surface area (TPSA) is 44.5 Å². The lowest BCUT2D eigenvalue weighted by atomic mass is 9.88. The molecule has 1 N–H and O–H groups in total. The molecule has 2 fully saturated rings. The third-order valence-corrected chi connectivity index (χ3v) is 6.26. The Kier molecular flexibility index (Phi) is 7.52. The van der Waals surface area contributed by atoms with Gasteiger partial charge in [0, 0.05) is 63.7 Å². The number of rotatable bonds is 8. The Balaban J connectivity index is 1.56. The van der Waals surface area contributed by atoms with Gasteiger partial charge in [-0.15, -0.1) is 0 Å². The van der Waals surface area contributed by atoms with Crippen molar-refractivity contribution in [1.82, 2.24) is 19.6 Å². The van der Waals surface area contributed by atoms with E-state index in [4.69, 9.17) is 0 Å². The van der Waals surface area contributed by atoms with Crippen LogP contribution in [0.25, 0.3) is 0 Å². The third-order valence-electron chi connectivity index (χ3n) is 6.26. The number of aryl methyl sites for hydroxylation is 2. The number of nitrogens with zero attached hydrogens (tertiary/aromatic N) is 4. The molecule has 1 aliphatic carbocycles. The Morgan fingerprint density at radius 2 is 2.00 bits per heavy atom. The lowest BCUT2D eigenvalue weighted by molar-refractivity contribution is 0.0399. The molecule has 1 aromatic rings. The highest BCUT2D eigenvalue weighted by Gasteiger charge is 2.29. The van der Waals surface area contributed by atoms with Crippen molar-refractivity contribution < 1.29 is 5.11 Å². The fourth-order valence-electron chi connectivity index (χ4n) is 4.76. The van der Waals surface area contributed by atoms with E-state index >= 15 is 0 Å². The molecule has 1 saturated carbocycles. The van der Waals surface area contributed by atoms with Crippen molar-refractivity contribution in [2.75, 3.05) is 32.8 Å². The average Bonchev–Trinajstić information content (AvgIpc) is 2.98. The molecule has 3 rings (SSSR count). The molecule has 0 aromatic carbocycles. The fourth-order valence-corrected chi connectivity index (χ4v) is 4.76. The maximum absolute atomic E-state index is 9.57. The molecule has 0 amide bonds. The molecule has 148 valence electrons. The molecule has 0 unspecified atom stereocenters. The number of piperazine rings is 1. The summed E-state index contributed by atoms with van der Waals surface area (Å²) in [5, 5.41) is 14.2. The second-order valence-electron chi connectivity index (χ2n) is 8.40. The van der Waals surface area contributed by atoms with Gasteiger partial charge in [-0.3, -0.25) is 14.5 Å². The molecule has 2 heterocycles. The highest BCUT2D eigenvalue weighted by molar-refractivity contribution is 5.15. The predicted molar refractivity (Wildman–Crippen MR) is 106 cm³/mol. The monoisotopic (exact) mass is 362 g/mol. The fraction of sp³-hybridized carbons (Fsp3) is 0.857. The minimum atomic E-state index is 0.299. The summed E-state index contributed by atoms with van der Waals surface area (Å²) < 4.78 is 2.09. The SMILES string of the molecule is CCCn1cc(CN2CCN(CC3CCCCC3)[C@@H](CCO)C2)c(C)n1. The van der Waals surface area contributed by atoms with Crippen LogP contribution in [0.1, 0.15) is 63.1 Å². The van der Waals surface area contributed by atoms with Crippen LogP contribution in [0.5, 0.6) is 0 Å². The van der Waals surface area contributed by atoms with Gasteiger partial charge in [0.1, 0.15) is 0 Å². The van der Waals surface area contributed by atoms with E-state index < -0.39 is 0 Å². The minimum absolute atomic E-state index is 0.299. The smallest absolute Gasteiger partial charge is 0.0638 e. The van der Waals surface area contributed by atoms with Crippen LogP contribution in [0, 0.1) is 12.8 Å². The van der Waals surface area contributed by atoms with E-state index in [1.807, 2.05) is 0 Å². The van der Waals surface area contributed by atoms with E-state index in [0.29, 0.717) is 12.6 Å². The Bertz CT molecular complexity index is 538. The highest BCUT2D eigenvalue weighted by Crippen LogP contribution is 2.26. The van der Waals surface area contributed by atoms with Crippen LogP contribution in [0.3, 0.4) is 0 Å². The van der Waals surface area contributed by atoms with Crippen LogP contribution in [-0.4, -0.2) is 63.5 Å². The van der Waals surface area contributed by atoms with Crippen LogP contribution >= 0.6 is 0 Å². The minimum Gasteiger partial charge on any atom is -0.396 e. The molecule has 5 heteroatoms. The Labute approximate surface area is 159 Å². The molecule has 0 bridgehead atoms. The predicted octanol–water partition coefficient (Wildman–Crippen LogP) is 3.05. The summed E-state index contributed by atoms with van der Waals surface area (Å²) in [5.41, 5.74) is 2.53. The molecule has 0 radical (unpaired) electrons. The van der Waals surface area contributed by atoms with E-state index in [0.717, 1.165) is 51.5 Å². The number of hydrogen-bond acceptors (Lipinski definition) is 4. The number of hydrogen-bond donors (Lipinski definition) is 1. The van der Waals surface area contributed by atoms with Gasteiger partial charge >= 0.3 is 0 Å². The number of aliphatic hydroxyl groups excluding tert-OH is 1. The molecular formula is C21H38N4O. The van der Waals surface area contributed by atoms with Crippen molar-refractivity contribution in [2.45, 2.75) is 77.9 Å². The molecule has 1 saturated heterocycles. The van der Waals surface area contributed by atoms with E-state index in [-0.39, 0.29) is 0 Å². The van der Waals surface area contributed by atoms with Gasteiger partial charge in [-0.25, -0.2) is 0 Å². The zero-order chi connectivity index (χ0) is 18.4. The van der Waals surface area contributed by atoms with Gasteiger partial charge in [0.15, 0.2) is 0 Å². The van der Waals surface area contributed by atoms with Crippen LogP contribution in [-0.2, 0) is 13.1 Å². The van der Waals surface area contributed by atoms with Crippen molar-refractivity contribution in [3.63, 3.8) is 0 Å². The van der Waals surface area contributed by atoms with Crippen molar-refractivity contribution in [3.05, 3.63) is 17.5 Å². The molecule has 2 aliphatic rings. The van der Waals surface area contributed by atoms with Gasteiger partial charge in [-0.1, -0.05) is 26.2 Å². The molecule has 5 nitrogen and oxygen atoms in total.